The quantitative estimate of drug-likeness (QED) is 0.204. The van der Waals surface area contributed by atoms with E-state index in [1.807, 2.05) is 11.3 Å². The van der Waals surface area contributed by atoms with Crippen molar-refractivity contribution in [2.24, 2.45) is 17.8 Å². The van der Waals surface area contributed by atoms with E-state index in [2.05, 4.69) is 95.9 Å². The normalized spacial score (nSPS) is 27.2. The fourth-order valence-electron chi connectivity index (χ4n) is 10.1. The van der Waals surface area contributed by atoms with Crippen molar-refractivity contribution in [1.82, 2.24) is 0 Å². The van der Waals surface area contributed by atoms with Crippen LogP contribution in [0.25, 0.3) is 20.2 Å². The highest BCUT2D eigenvalue weighted by Gasteiger charge is 2.51. The number of nitrogens with zero attached hydrogens (tertiary/aromatic N) is 1. The second-order valence-electron chi connectivity index (χ2n) is 14.3. The van der Waals surface area contributed by atoms with Gasteiger partial charge < -0.3 is 4.90 Å². The summed E-state index contributed by atoms with van der Waals surface area (Å²) in [7, 11) is 0. The summed E-state index contributed by atoms with van der Waals surface area (Å²) in [4.78, 5) is 2.54. The zero-order chi connectivity index (χ0) is 27.7. The van der Waals surface area contributed by atoms with Gasteiger partial charge in [-0.2, -0.15) is 0 Å². The molecule has 1 aromatic heterocycles. The molecule has 5 aromatic rings. The van der Waals surface area contributed by atoms with Crippen LogP contribution in [0.4, 0.5) is 17.1 Å². The largest absolute Gasteiger partial charge is 0.310 e. The van der Waals surface area contributed by atoms with Gasteiger partial charge in [-0.25, -0.2) is 0 Å². The molecule has 5 aliphatic carbocycles. The first-order valence-electron chi connectivity index (χ1n) is 16.6. The van der Waals surface area contributed by atoms with E-state index in [0.717, 1.165) is 23.7 Å². The molecule has 10 rings (SSSR count). The molecule has 5 fully saturated rings. The van der Waals surface area contributed by atoms with Gasteiger partial charge >= 0.3 is 0 Å². The lowest BCUT2D eigenvalue weighted by Gasteiger charge is -2.57. The third kappa shape index (κ3) is 4.16. The second-order valence-corrected chi connectivity index (χ2v) is 15.3. The van der Waals surface area contributed by atoms with Gasteiger partial charge in [0.15, 0.2) is 0 Å². The van der Waals surface area contributed by atoms with Crippen LogP contribution in [0.5, 0.6) is 0 Å². The fourth-order valence-corrected chi connectivity index (χ4v) is 11.3. The monoisotopic (exact) mass is 567 g/mol. The lowest BCUT2D eigenvalue weighted by atomic mass is 9.48. The van der Waals surface area contributed by atoms with Crippen molar-refractivity contribution in [3.05, 3.63) is 102 Å². The predicted molar refractivity (Wildman–Crippen MR) is 180 cm³/mol. The molecule has 42 heavy (non-hydrogen) atoms. The van der Waals surface area contributed by atoms with Crippen LogP contribution in [0.1, 0.15) is 87.7 Å². The molecular weight excluding hydrogens is 527 g/mol. The number of hydrogen-bond donors (Lipinski definition) is 0. The zero-order valence-corrected chi connectivity index (χ0v) is 25.4. The standard InChI is InChI=1S/C40H41NS/c1-2-7-30(8-3-1)31-13-17-33(18-14-31)41(36-10-6-12-38-39(36)35-9-4-5-11-37(35)42-38)34-19-15-32(16-20-34)40-24-27-21-28(25-40)23-29(22-27)26-40/h4-6,9-20,27-30H,1-3,7-8,21-26H2. The summed E-state index contributed by atoms with van der Waals surface area (Å²) in [5.41, 5.74) is 7.39. The Morgan fingerprint density at radius 2 is 1.21 bits per heavy atom. The summed E-state index contributed by atoms with van der Waals surface area (Å²) in [6, 6.07) is 35.4. The smallest absolute Gasteiger partial charge is 0.0554 e. The van der Waals surface area contributed by atoms with Gasteiger partial charge in [0.1, 0.15) is 0 Å². The van der Waals surface area contributed by atoms with E-state index in [4.69, 9.17) is 0 Å². The Bertz CT molecular complexity index is 1700. The zero-order valence-electron chi connectivity index (χ0n) is 24.6. The number of benzene rings is 4. The Morgan fingerprint density at radius 3 is 1.90 bits per heavy atom. The van der Waals surface area contributed by atoms with Crippen LogP contribution in [-0.4, -0.2) is 0 Å². The average molecular weight is 568 g/mol. The van der Waals surface area contributed by atoms with Crippen LogP contribution in [0.3, 0.4) is 0 Å². The van der Waals surface area contributed by atoms with E-state index < -0.39 is 0 Å². The molecule has 0 spiro atoms. The third-order valence-corrected chi connectivity index (χ3v) is 12.8. The van der Waals surface area contributed by atoms with Crippen molar-refractivity contribution in [3.63, 3.8) is 0 Å². The van der Waals surface area contributed by atoms with Crippen molar-refractivity contribution in [2.75, 3.05) is 4.90 Å². The maximum atomic E-state index is 2.54. The lowest BCUT2D eigenvalue weighted by Crippen LogP contribution is -2.48. The summed E-state index contributed by atoms with van der Waals surface area (Å²) in [6.07, 6.45) is 15.6. The average Bonchev–Trinajstić information content (AvgIpc) is 3.41. The predicted octanol–water partition coefficient (Wildman–Crippen LogP) is 12.0. The van der Waals surface area contributed by atoms with Gasteiger partial charge in [-0.1, -0.05) is 67.8 Å². The minimum atomic E-state index is 0.434. The fraction of sp³-hybridized carbons (Fsp3) is 0.400. The molecule has 5 aliphatic rings. The van der Waals surface area contributed by atoms with Crippen LogP contribution in [0.15, 0.2) is 91.0 Å². The third-order valence-electron chi connectivity index (χ3n) is 11.6. The highest BCUT2D eigenvalue weighted by Crippen LogP contribution is 2.61. The van der Waals surface area contributed by atoms with Crippen molar-refractivity contribution < 1.29 is 0 Å². The van der Waals surface area contributed by atoms with Crippen LogP contribution in [0, 0.1) is 17.8 Å². The summed E-state index contributed by atoms with van der Waals surface area (Å²) in [5, 5.41) is 2.74. The van der Waals surface area contributed by atoms with Crippen LogP contribution in [-0.2, 0) is 5.41 Å². The van der Waals surface area contributed by atoms with E-state index in [-0.39, 0.29) is 0 Å². The Kier molecular flexibility index (Phi) is 6.04. The molecule has 0 saturated heterocycles. The van der Waals surface area contributed by atoms with Crippen molar-refractivity contribution in [1.29, 1.82) is 0 Å². The molecule has 4 bridgehead atoms. The number of fused-ring (bicyclic) bond motifs is 3. The van der Waals surface area contributed by atoms with Crippen LogP contribution >= 0.6 is 11.3 Å². The lowest BCUT2D eigenvalue weighted by molar-refractivity contribution is -0.00518. The van der Waals surface area contributed by atoms with Gasteiger partial charge in [0.05, 0.1) is 5.69 Å². The maximum Gasteiger partial charge on any atom is 0.0554 e. The first-order valence-corrected chi connectivity index (χ1v) is 17.4. The molecule has 0 radical (unpaired) electrons. The molecule has 212 valence electrons. The SMILES string of the molecule is c1ccc2c(c1)sc1cccc(N(c3ccc(C4CCCCC4)cc3)c3ccc(C45CC6CC(CC(C6)C4)C5)cc3)c12. The van der Waals surface area contributed by atoms with E-state index in [0.29, 0.717) is 5.41 Å². The molecule has 0 N–H and O–H groups in total. The highest BCUT2D eigenvalue weighted by molar-refractivity contribution is 7.26. The molecule has 5 saturated carbocycles. The summed E-state index contributed by atoms with van der Waals surface area (Å²) in [5.74, 6) is 3.64. The topological polar surface area (TPSA) is 3.24 Å². The molecule has 1 heterocycles. The number of thiophene rings is 1. The van der Waals surface area contributed by atoms with Gasteiger partial charge in [0.25, 0.3) is 0 Å². The number of hydrogen-bond acceptors (Lipinski definition) is 2. The van der Waals surface area contributed by atoms with Gasteiger partial charge in [0.2, 0.25) is 0 Å². The number of anilines is 3. The molecule has 0 amide bonds. The molecule has 2 heteroatoms. The Morgan fingerprint density at radius 1 is 0.595 bits per heavy atom. The molecule has 0 atom stereocenters. The Hall–Kier alpha value is -3.10. The van der Waals surface area contributed by atoms with Crippen molar-refractivity contribution in [3.8, 4) is 0 Å². The van der Waals surface area contributed by atoms with Gasteiger partial charge in [-0.05, 0) is 134 Å². The van der Waals surface area contributed by atoms with E-state index in [9.17, 15) is 0 Å². The molecular formula is C40H41NS. The molecule has 1 nitrogen and oxygen atoms in total. The highest BCUT2D eigenvalue weighted by atomic mass is 32.1. The minimum Gasteiger partial charge on any atom is -0.310 e. The molecule has 0 aliphatic heterocycles. The Balaban J connectivity index is 1.15. The van der Waals surface area contributed by atoms with Gasteiger partial charge in [-0.15, -0.1) is 11.3 Å². The Labute approximate surface area is 254 Å². The van der Waals surface area contributed by atoms with Crippen LogP contribution in [0.2, 0.25) is 0 Å². The summed E-state index contributed by atoms with van der Waals surface area (Å²) in [6.45, 7) is 0. The van der Waals surface area contributed by atoms with Gasteiger partial charge in [-0.3, -0.25) is 0 Å². The molecule has 0 unspecified atom stereocenters. The first-order chi connectivity index (χ1) is 20.7. The van der Waals surface area contributed by atoms with Gasteiger partial charge in [0, 0.05) is 31.5 Å². The minimum absolute atomic E-state index is 0.434. The van der Waals surface area contributed by atoms with E-state index in [1.165, 1.54) is 113 Å². The van der Waals surface area contributed by atoms with Crippen molar-refractivity contribution >= 4 is 48.6 Å². The number of rotatable bonds is 5. The maximum absolute atomic E-state index is 2.54. The first kappa shape index (κ1) is 25.4. The van der Waals surface area contributed by atoms with E-state index in [1.54, 1.807) is 5.56 Å². The summed E-state index contributed by atoms with van der Waals surface area (Å²) < 4.78 is 2.73. The van der Waals surface area contributed by atoms with E-state index >= 15 is 0 Å². The van der Waals surface area contributed by atoms with Crippen molar-refractivity contribution in [2.45, 2.75) is 82.0 Å². The summed E-state index contributed by atoms with van der Waals surface area (Å²) >= 11 is 1.91. The van der Waals surface area contributed by atoms with Crippen LogP contribution < -0.4 is 4.90 Å². The second kappa shape index (κ2) is 9.98. The molecule has 4 aromatic carbocycles.